The van der Waals surface area contributed by atoms with Crippen LogP contribution in [0.1, 0.15) is 16.1 Å². The van der Waals surface area contributed by atoms with E-state index >= 15 is 0 Å². The van der Waals surface area contributed by atoms with Crippen molar-refractivity contribution in [1.82, 2.24) is 10.2 Å². The molecule has 0 radical (unpaired) electrons. The number of hydrogen-bond acceptors (Lipinski definition) is 2. The van der Waals surface area contributed by atoms with Crippen LogP contribution >= 0.6 is 0 Å². The van der Waals surface area contributed by atoms with Crippen LogP contribution in [-0.2, 0) is 0 Å². The summed E-state index contributed by atoms with van der Waals surface area (Å²) in [5.74, 6) is -2.25. The number of carbonyl (C=O) groups is 1. The molecule has 2 aromatic rings. The molecule has 0 saturated heterocycles. The average Bonchev–Trinajstić information content (AvgIpc) is 2.70. The molecule has 1 heterocycles. The number of halogens is 2. The van der Waals surface area contributed by atoms with Crippen molar-refractivity contribution in [3.05, 3.63) is 47.3 Å². The maximum atomic E-state index is 13.3. The van der Waals surface area contributed by atoms with Crippen LogP contribution in [0.3, 0.4) is 0 Å². The molecule has 0 bridgehead atoms. The Morgan fingerprint density at radius 3 is 2.53 bits per heavy atom. The molecule has 1 amide bonds. The summed E-state index contributed by atoms with van der Waals surface area (Å²) in [7, 11) is 0. The number of nitrogens with zero attached hydrogens (tertiary/aromatic N) is 1. The number of benzene rings is 1. The van der Waals surface area contributed by atoms with E-state index in [1.54, 1.807) is 6.92 Å². The van der Waals surface area contributed by atoms with Gasteiger partial charge in [-0.2, -0.15) is 5.10 Å². The van der Waals surface area contributed by atoms with Gasteiger partial charge in [0.1, 0.15) is 17.3 Å². The van der Waals surface area contributed by atoms with Crippen molar-refractivity contribution >= 4 is 11.6 Å². The largest absolute Gasteiger partial charge is 0.317 e. The summed E-state index contributed by atoms with van der Waals surface area (Å²) >= 11 is 0. The second-order valence-corrected chi connectivity index (χ2v) is 3.46. The van der Waals surface area contributed by atoms with Crippen molar-refractivity contribution in [2.75, 3.05) is 5.32 Å². The van der Waals surface area contributed by atoms with Crippen LogP contribution in [0.2, 0.25) is 0 Å². The van der Waals surface area contributed by atoms with E-state index in [-0.39, 0.29) is 5.56 Å². The first-order valence-corrected chi connectivity index (χ1v) is 4.85. The number of nitrogens with one attached hydrogen (secondary N) is 2. The first-order valence-electron chi connectivity index (χ1n) is 4.85. The number of H-pyrrole nitrogens is 1. The van der Waals surface area contributed by atoms with Crippen molar-refractivity contribution in [2.45, 2.75) is 6.92 Å². The highest BCUT2D eigenvalue weighted by atomic mass is 19.1. The standard InChI is InChI=1S/C11H9F2N3O/c1-6-7(5-14-16-6)11(17)15-10-8(12)3-2-4-9(10)13/h2-5H,1H3,(H,14,16)(H,15,17). The van der Waals surface area contributed by atoms with Gasteiger partial charge in [0.2, 0.25) is 0 Å². The molecule has 0 saturated carbocycles. The molecular weight excluding hydrogens is 228 g/mol. The minimum absolute atomic E-state index is 0.243. The smallest absolute Gasteiger partial charge is 0.259 e. The van der Waals surface area contributed by atoms with Gasteiger partial charge in [-0.3, -0.25) is 9.89 Å². The monoisotopic (exact) mass is 237 g/mol. The number of anilines is 1. The lowest BCUT2D eigenvalue weighted by Gasteiger charge is -2.06. The molecule has 0 atom stereocenters. The Morgan fingerprint density at radius 1 is 1.35 bits per heavy atom. The number of aryl methyl sites for hydroxylation is 1. The normalized spacial score (nSPS) is 10.3. The van der Waals surface area contributed by atoms with Gasteiger partial charge in [-0.1, -0.05) is 6.07 Å². The minimum atomic E-state index is -0.820. The Balaban J connectivity index is 2.28. The Hall–Kier alpha value is -2.24. The highest BCUT2D eigenvalue weighted by Crippen LogP contribution is 2.19. The molecule has 0 fully saturated rings. The number of aromatic nitrogens is 2. The molecule has 88 valence electrons. The number of hydrogen-bond donors (Lipinski definition) is 2. The number of para-hydroxylation sites is 1. The summed E-state index contributed by atoms with van der Waals surface area (Å²) in [4.78, 5) is 11.7. The van der Waals surface area contributed by atoms with Gasteiger partial charge in [-0.25, -0.2) is 8.78 Å². The van der Waals surface area contributed by atoms with Crippen LogP contribution in [0.25, 0.3) is 0 Å². The van der Waals surface area contributed by atoms with E-state index in [0.717, 1.165) is 12.1 Å². The van der Waals surface area contributed by atoms with E-state index in [1.807, 2.05) is 0 Å². The van der Waals surface area contributed by atoms with E-state index in [4.69, 9.17) is 0 Å². The van der Waals surface area contributed by atoms with Crippen LogP contribution in [-0.4, -0.2) is 16.1 Å². The van der Waals surface area contributed by atoms with Gasteiger partial charge in [0, 0.05) is 5.69 Å². The molecule has 1 aromatic heterocycles. The highest BCUT2D eigenvalue weighted by molar-refractivity contribution is 6.04. The van der Waals surface area contributed by atoms with E-state index in [0.29, 0.717) is 5.69 Å². The fourth-order valence-corrected chi connectivity index (χ4v) is 1.38. The Bertz CT molecular complexity index is 545. The molecule has 0 spiro atoms. The molecule has 4 nitrogen and oxygen atoms in total. The van der Waals surface area contributed by atoms with Crippen molar-refractivity contribution < 1.29 is 13.6 Å². The summed E-state index contributed by atoms with van der Waals surface area (Å²) in [6.07, 6.45) is 1.30. The Morgan fingerprint density at radius 2 is 2.00 bits per heavy atom. The number of aromatic amines is 1. The lowest BCUT2D eigenvalue weighted by molar-refractivity contribution is 0.102. The fraction of sp³-hybridized carbons (Fsp3) is 0.0909. The lowest BCUT2D eigenvalue weighted by Crippen LogP contribution is -2.14. The second-order valence-electron chi connectivity index (χ2n) is 3.46. The molecular formula is C11H9F2N3O. The topological polar surface area (TPSA) is 57.8 Å². The SMILES string of the molecule is Cc1[nH]ncc1C(=O)Nc1c(F)cccc1F. The third-order valence-electron chi connectivity index (χ3n) is 2.28. The van der Waals surface area contributed by atoms with E-state index < -0.39 is 23.2 Å². The van der Waals surface area contributed by atoms with Crippen LogP contribution in [0.15, 0.2) is 24.4 Å². The quantitative estimate of drug-likeness (QED) is 0.841. The molecule has 6 heteroatoms. The first kappa shape index (κ1) is 11.3. The van der Waals surface area contributed by atoms with Gasteiger partial charge in [-0.05, 0) is 19.1 Å². The van der Waals surface area contributed by atoms with Gasteiger partial charge >= 0.3 is 0 Å². The van der Waals surface area contributed by atoms with Crippen LogP contribution in [0, 0.1) is 18.6 Å². The molecule has 2 N–H and O–H groups in total. The van der Waals surface area contributed by atoms with Gasteiger partial charge in [0.15, 0.2) is 0 Å². The van der Waals surface area contributed by atoms with Crippen molar-refractivity contribution in [3.8, 4) is 0 Å². The summed E-state index contributed by atoms with van der Waals surface area (Å²) in [5, 5.41) is 8.39. The van der Waals surface area contributed by atoms with E-state index in [1.165, 1.54) is 12.3 Å². The second kappa shape index (κ2) is 4.32. The maximum absolute atomic E-state index is 13.3. The zero-order valence-corrected chi connectivity index (χ0v) is 8.92. The average molecular weight is 237 g/mol. The third kappa shape index (κ3) is 2.15. The van der Waals surface area contributed by atoms with Gasteiger partial charge in [0.05, 0.1) is 11.8 Å². The van der Waals surface area contributed by atoms with Gasteiger partial charge in [0.25, 0.3) is 5.91 Å². The summed E-state index contributed by atoms with van der Waals surface area (Å²) in [6.45, 7) is 1.64. The summed E-state index contributed by atoms with van der Waals surface area (Å²) in [5.41, 5.74) is 0.310. The van der Waals surface area contributed by atoms with Crippen LogP contribution in [0.4, 0.5) is 14.5 Å². The molecule has 0 unspecified atom stereocenters. The molecule has 17 heavy (non-hydrogen) atoms. The molecule has 0 aliphatic heterocycles. The molecule has 0 aliphatic carbocycles. The van der Waals surface area contributed by atoms with Crippen LogP contribution in [0.5, 0.6) is 0 Å². The number of amides is 1. The molecule has 2 rings (SSSR count). The van der Waals surface area contributed by atoms with E-state index in [9.17, 15) is 13.6 Å². The third-order valence-corrected chi connectivity index (χ3v) is 2.28. The first-order chi connectivity index (χ1) is 8.09. The highest BCUT2D eigenvalue weighted by Gasteiger charge is 2.15. The zero-order valence-electron chi connectivity index (χ0n) is 8.92. The van der Waals surface area contributed by atoms with E-state index in [2.05, 4.69) is 15.5 Å². The minimum Gasteiger partial charge on any atom is -0.317 e. The van der Waals surface area contributed by atoms with Gasteiger partial charge < -0.3 is 5.32 Å². The predicted octanol–water partition coefficient (Wildman–Crippen LogP) is 2.25. The maximum Gasteiger partial charge on any atom is 0.259 e. The molecule has 1 aromatic carbocycles. The van der Waals surface area contributed by atoms with Crippen molar-refractivity contribution in [3.63, 3.8) is 0 Å². The van der Waals surface area contributed by atoms with Crippen molar-refractivity contribution in [2.24, 2.45) is 0 Å². The summed E-state index contributed by atoms with van der Waals surface area (Å²) < 4.78 is 26.5. The fourth-order valence-electron chi connectivity index (χ4n) is 1.38. The number of rotatable bonds is 2. The Kier molecular flexibility index (Phi) is 2.86. The molecule has 0 aliphatic rings. The lowest BCUT2D eigenvalue weighted by atomic mass is 10.2. The van der Waals surface area contributed by atoms with Gasteiger partial charge in [-0.15, -0.1) is 0 Å². The Labute approximate surface area is 95.7 Å². The van der Waals surface area contributed by atoms with Crippen LogP contribution < -0.4 is 5.32 Å². The summed E-state index contributed by atoms with van der Waals surface area (Å²) in [6, 6.07) is 3.37. The number of carbonyl (C=O) groups excluding carboxylic acids is 1. The van der Waals surface area contributed by atoms with Crippen molar-refractivity contribution in [1.29, 1.82) is 0 Å². The zero-order chi connectivity index (χ0) is 12.4. The predicted molar refractivity (Wildman–Crippen MR) is 57.6 cm³/mol.